The van der Waals surface area contributed by atoms with Crippen LogP contribution in [-0.4, -0.2) is 36.1 Å². The molecule has 0 saturated carbocycles. The highest BCUT2D eigenvalue weighted by atomic mass is 35.5. The first kappa shape index (κ1) is 15.9. The number of benzene rings is 1. The first-order valence-corrected chi connectivity index (χ1v) is 7.29. The van der Waals surface area contributed by atoms with Gasteiger partial charge in [-0.25, -0.2) is 0 Å². The molecular formula is C17H20ClNO2. The Morgan fingerprint density at radius 2 is 1.52 bits per heavy atom. The van der Waals surface area contributed by atoms with Crippen molar-refractivity contribution in [1.82, 2.24) is 4.90 Å². The molecule has 0 radical (unpaired) electrons. The van der Waals surface area contributed by atoms with E-state index in [0.717, 1.165) is 13.1 Å². The average molecular weight is 306 g/mol. The first-order chi connectivity index (χ1) is 9.68. The third kappa shape index (κ3) is 2.94. The number of halogens is 1. The van der Waals surface area contributed by atoms with Crippen LogP contribution in [0.3, 0.4) is 0 Å². The molecule has 1 saturated heterocycles. The van der Waals surface area contributed by atoms with Crippen LogP contribution in [0.4, 0.5) is 0 Å². The van der Waals surface area contributed by atoms with E-state index in [1.165, 1.54) is 19.3 Å². The molecule has 21 heavy (non-hydrogen) atoms. The Labute approximate surface area is 131 Å². The van der Waals surface area contributed by atoms with Crippen molar-refractivity contribution in [3.05, 3.63) is 46.5 Å². The molecule has 1 aromatic rings. The van der Waals surface area contributed by atoms with Crippen molar-refractivity contribution in [3.8, 4) is 0 Å². The molecule has 0 atom stereocenters. The number of ketones is 2. The second kappa shape index (κ2) is 6.54. The SMILES string of the molecule is CC1=C(CN2CCCCC2)C(=O)c2ccccc2C1=O.Cl. The second-order valence-electron chi connectivity index (χ2n) is 5.64. The van der Waals surface area contributed by atoms with Gasteiger partial charge in [0.15, 0.2) is 11.6 Å². The Bertz CT molecular complexity index is 601. The van der Waals surface area contributed by atoms with Crippen molar-refractivity contribution in [2.75, 3.05) is 19.6 Å². The summed E-state index contributed by atoms with van der Waals surface area (Å²) < 4.78 is 0. The minimum absolute atomic E-state index is 0. The zero-order valence-corrected chi connectivity index (χ0v) is 13.0. The van der Waals surface area contributed by atoms with Crippen molar-refractivity contribution >= 4 is 24.0 Å². The summed E-state index contributed by atoms with van der Waals surface area (Å²) in [6.45, 7) is 4.46. The van der Waals surface area contributed by atoms with Crippen molar-refractivity contribution in [1.29, 1.82) is 0 Å². The van der Waals surface area contributed by atoms with Crippen molar-refractivity contribution in [2.24, 2.45) is 0 Å². The van der Waals surface area contributed by atoms with E-state index in [-0.39, 0.29) is 24.0 Å². The van der Waals surface area contributed by atoms with E-state index in [1.807, 2.05) is 12.1 Å². The number of carbonyl (C=O) groups is 2. The Morgan fingerprint density at radius 3 is 2.14 bits per heavy atom. The molecule has 0 aromatic heterocycles. The lowest BCUT2D eigenvalue weighted by molar-refractivity contribution is 0.0964. The molecule has 1 aliphatic carbocycles. The molecule has 3 rings (SSSR count). The predicted octanol–water partition coefficient (Wildman–Crippen LogP) is 3.29. The summed E-state index contributed by atoms with van der Waals surface area (Å²) >= 11 is 0. The van der Waals surface area contributed by atoms with Crippen LogP contribution in [0.1, 0.15) is 46.9 Å². The van der Waals surface area contributed by atoms with Gasteiger partial charge in [-0.3, -0.25) is 14.5 Å². The van der Waals surface area contributed by atoms with Gasteiger partial charge in [0.2, 0.25) is 0 Å². The summed E-state index contributed by atoms with van der Waals surface area (Å²) in [6.07, 6.45) is 3.64. The molecule has 2 aliphatic rings. The maximum Gasteiger partial charge on any atom is 0.191 e. The smallest absolute Gasteiger partial charge is 0.191 e. The highest BCUT2D eigenvalue weighted by Crippen LogP contribution is 2.27. The van der Waals surface area contributed by atoms with Gasteiger partial charge in [0.05, 0.1) is 0 Å². The molecule has 1 fully saturated rings. The van der Waals surface area contributed by atoms with Gasteiger partial charge in [-0.1, -0.05) is 30.7 Å². The van der Waals surface area contributed by atoms with Gasteiger partial charge in [-0.05, 0) is 32.9 Å². The highest BCUT2D eigenvalue weighted by Gasteiger charge is 2.30. The number of hydrogen-bond acceptors (Lipinski definition) is 3. The number of rotatable bonds is 2. The minimum atomic E-state index is 0. The number of likely N-dealkylation sites (tertiary alicyclic amines) is 1. The van der Waals surface area contributed by atoms with Crippen molar-refractivity contribution in [3.63, 3.8) is 0 Å². The molecular weight excluding hydrogens is 286 g/mol. The number of fused-ring (bicyclic) bond motifs is 1. The number of nitrogens with zero attached hydrogens (tertiary/aromatic N) is 1. The Balaban J connectivity index is 0.00000161. The maximum absolute atomic E-state index is 12.6. The molecule has 4 heteroatoms. The van der Waals surface area contributed by atoms with E-state index in [9.17, 15) is 9.59 Å². The number of carbonyl (C=O) groups excluding carboxylic acids is 2. The van der Waals surface area contributed by atoms with Crippen LogP contribution in [0.2, 0.25) is 0 Å². The van der Waals surface area contributed by atoms with Crippen LogP contribution in [0.25, 0.3) is 0 Å². The van der Waals surface area contributed by atoms with E-state index in [1.54, 1.807) is 19.1 Å². The summed E-state index contributed by atoms with van der Waals surface area (Å²) in [5.74, 6) is 0.0375. The van der Waals surface area contributed by atoms with Crippen LogP contribution in [-0.2, 0) is 0 Å². The standard InChI is InChI=1S/C17H19NO2.ClH/c1-12-15(11-18-9-5-2-6-10-18)17(20)14-8-4-3-7-13(14)16(12)19;/h3-4,7-8H,2,5-6,9-11H2,1H3;1H. The molecule has 0 unspecified atom stereocenters. The average Bonchev–Trinajstić information content (AvgIpc) is 2.50. The van der Waals surface area contributed by atoms with E-state index in [0.29, 0.717) is 28.8 Å². The van der Waals surface area contributed by atoms with Gasteiger partial charge in [0, 0.05) is 28.8 Å². The number of hydrogen-bond donors (Lipinski definition) is 0. The summed E-state index contributed by atoms with van der Waals surface area (Å²) in [6, 6.07) is 7.14. The maximum atomic E-state index is 12.6. The topological polar surface area (TPSA) is 37.4 Å². The highest BCUT2D eigenvalue weighted by molar-refractivity contribution is 6.26. The van der Waals surface area contributed by atoms with Gasteiger partial charge in [-0.2, -0.15) is 0 Å². The Hall–Kier alpha value is -1.45. The quantitative estimate of drug-likeness (QED) is 0.841. The molecule has 112 valence electrons. The normalized spacial score (nSPS) is 19.3. The second-order valence-corrected chi connectivity index (χ2v) is 5.64. The van der Waals surface area contributed by atoms with Gasteiger partial charge in [-0.15, -0.1) is 12.4 Å². The van der Waals surface area contributed by atoms with Crippen LogP contribution in [0, 0.1) is 0 Å². The number of Topliss-reactive ketones (excluding diaryl/α,β-unsaturated/α-hetero) is 2. The zero-order valence-electron chi connectivity index (χ0n) is 12.2. The Morgan fingerprint density at radius 1 is 0.952 bits per heavy atom. The van der Waals surface area contributed by atoms with E-state index >= 15 is 0 Å². The molecule has 0 N–H and O–H groups in total. The van der Waals surface area contributed by atoms with Gasteiger partial charge in [0.1, 0.15) is 0 Å². The molecule has 3 nitrogen and oxygen atoms in total. The summed E-state index contributed by atoms with van der Waals surface area (Å²) in [4.78, 5) is 27.3. The molecule has 1 aliphatic heterocycles. The number of allylic oxidation sites excluding steroid dienone is 1. The van der Waals surface area contributed by atoms with Crippen molar-refractivity contribution in [2.45, 2.75) is 26.2 Å². The fourth-order valence-electron chi connectivity index (χ4n) is 3.08. The van der Waals surface area contributed by atoms with Crippen molar-refractivity contribution < 1.29 is 9.59 Å². The molecule has 0 amide bonds. The van der Waals surface area contributed by atoms with Crippen LogP contribution >= 0.6 is 12.4 Å². The van der Waals surface area contributed by atoms with Crippen LogP contribution in [0.5, 0.6) is 0 Å². The van der Waals surface area contributed by atoms with E-state index in [4.69, 9.17) is 0 Å². The van der Waals surface area contributed by atoms with Crippen LogP contribution in [0.15, 0.2) is 35.4 Å². The fraction of sp³-hybridized carbons (Fsp3) is 0.412. The van der Waals surface area contributed by atoms with Gasteiger partial charge >= 0.3 is 0 Å². The Kier molecular flexibility index (Phi) is 4.96. The van der Waals surface area contributed by atoms with Gasteiger partial charge < -0.3 is 0 Å². The predicted molar refractivity (Wildman–Crippen MR) is 85.3 cm³/mol. The van der Waals surface area contributed by atoms with E-state index < -0.39 is 0 Å². The van der Waals surface area contributed by atoms with Gasteiger partial charge in [0.25, 0.3) is 0 Å². The monoisotopic (exact) mass is 305 g/mol. The minimum Gasteiger partial charge on any atom is -0.299 e. The molecule has 0 spiro atoms. The fourth-order valence-corrected chi connectivity index (χ4v) is 3.08. The lowest BCUT2D eigenvalue weighted by atomic mass is 9.84. The summed E-state index contributed by atoms with van der Waals surface area (Å²) in [5, 5.41) is 0. The first-order valence-electron chi connectivity index (χ1n) is 7.29. The van der Waals surface area contributed by atoms with E-state index in [2.05, 4.69) is 4.90 Å². The van der Waals surface area contributed by atoms with Crippen LogP contribution < -0.4 is 0 Å². The lowest BCUT2D eigenvalue weighted by Gasteiger charge is -2.29. The summed E-state index contributed by atoms with van der Waals surface area (Å²) in [7, 11) is 0. The third-order valence-corrected chi connectivity index (χ3v) is 4.31. The molecule has 0 bridgehead atoms. The third-order valence-electron chi connectivity index (χ3n) is 4.31. The molecule has 1 heterocycles. The number of piperidine rings is 1. The zero-order chi connectivity index (χ0) is 14.1. The lowest BCUT2D eigenvalue weighted by Crippen LogP contribution is -2.35. The summed E-state index contributed by atoms with van der Waals surface area (Å²) in [5.41, 5.74) is 2.43. The largest absolute Gasteiger partial charge is 0.299 e. The molecule has 1 aromatic carbocycles.